The summed E-state index contributed by atoms with van der Waals surface area (Å²) < 4.78 is 14.3. The summed E-state index contributed by atoms with van der Waals surface area (Å²) in [5.41, 5.74) is 1.04. The second-order valence-electron chi connectivity index (χ2n) is 3.29. The van der Waals surface area contributed by atoms with Crippen LogP contribution in [0.1, 0.15) is 5.69 Å². The van der Waals surface area contributed by atoms with Crippen molar-refractivity contribution in [3.63, 3.8) is 0 Å². The molecule has 0 saturated heterocycles. The standard InChI is InChI=1S/C10H8FN3O2/c1-7-5-10(14(15)16)12-13(7)9-4-2-3-8(11)6-9/h2-6H,1H3. The van der Waals surface area contributed by atoms with Crippen molar-refractivity contribution in [1.82, 2.24) is 9.78 Å². The maximum absolute atomic E-state index is 13.0. The van der Waals surface area contributed by atoms with E-state index in [2.05, 4.69) is 5.10 Å². The highest BCUT2D eigenvalue weighted by Crippen LogP contribution is 2.16. The molecule has 0 saturated carbocycles. The summed E-state index contributed by atoms with van der Waals surface area (Å²) in [4.78, 5) is 9.94. The maximum atomic E-state index is 13.0. The van der Waals surface area contributed by atoms with E-state index in [-0.39, 0.29) is 5.82 Å². The minimum Gasteiger partial charge on any atom is -0.358 e. The maximum Gasteiger partial charge on any atom is 0.390 e. The average molecular weight is 221 g/mol. The molecule has 0 bridgehead atoms. The number of aromatic nitrogens is 2. The molecular formula is C10H8FN3O2. The van der Waals surface area contributed by atoms with Crippen LogP contribution in [0.3, 0.4) is 0 Å². The number of hydrogen-bond donors (Lipinski definition) is 0. The topological polar surface area (TPSA) is 61.0 Å². The van der Waals surface area contributed by atoms with E-state index in [9.17, 15) is 14.5 Å². The minimum atomic E-state index is -0.581. The van der Waals surface area contributed by atoms with E-state index in [1.54, 1.807) is 13.0 Å². The van der Waals surface area contributed by atoms with Gasteiger partial charge in [0.1, 0.15) is 5.82 Å². The number of nitro groups is 1. The molecule has 0 aliphatic rings. The molecule has 0 amide bonds. The molecule has 0 fully saturated rings. The van der Waals surface area contributed by atoms with Crippen LogP contribution in [0.2, 0.25) is 0 Å². The molecule has 0 radical (unpaired) electrons. The molecule has 1 heterocycles. The van der Waals surface area contributed by atoms with Gasteiger partial charge in [0.05, 0.1) is 22.5 Å². The van der Waals surface area contributed by atoms with Crippen LogP contribution in [0.15, 0.2) is 30.3 Å². The summed E-state index contributed by atoms with van der Waals surface area (Å²) in [7, 11) is 0. The monoisotopic (exact) mass is 221 g/mol. The molecule has 16 heavy (non-hydrogen) atoms. The van der Waals surface area contributed by atoms with Crippen molar-refractivity contribution >= 4 is 5.82 Å². The van der Waals surface area contributed by atoms with Crippen molar-refractivity contribution < 1.29 is 9.31 Å². The zero-order chi connectivity index (χ0) is 11.7. The largest absolute Gasteiger partial charge is 0.390 e. The lowest BCUT2D eigenvalue weighted by Crippen LogP contribution is -1.99. The van der Waals surface area contributed by atoms with Gasteiger partial charge in [-0.25, -0.2) is 4.39 Å². The fourth-order valence-corrected chi connectivity index (χ4v) is 1.42. The van der Waals surface area contributed by atoms with Gasteiger partial charge in [0.2, 0.25) is 0 Å². The number of aryl methyl sites for hydroxylation is 1. The normalized spacial score (nSPS) is 10.4. The van der Waals surface area contributed by atoms with Crippen molar-refractivity contribution in [3.05, 3.63) is 52.0 Å². The Morgan fingerprint density at radius 2 is 2.19 bits per heavy atom. The zero-order valence-electron chi connectivity index (χ0n) is 8.42. The summed E-state index contributed by atoms with van der Waals surface area (Å²) in [6.07, 6.45) is 0. The van der Waals surface area contributed by atoms with E-state index in [1.165, 1.54) is 28.9 Å². The zero-order valence-corrected chi connectivity index (χ0v) is 8.42. The number of rotatable bonds is 2. The van der Waals surface area contributed by atoms with Crippen LogP contribution >= 0.6 is 0 Å². The van der Waals surface area contributed by atoms with Crippen LogP contribution < -0.4 is 0 Å². The molecule has 6 heteroatoms. The molecular weight excluding hydrogens is 213 g/mol. The second kappa shape index (κ2) is 3.73. The van der Waals surface area contributed by atoms with Crippen molar-refractivity contribution in [3.8, 4) is 5.69 Å². The summed E-state index contributed by atoms with van der Waals surface area (Å²) in [6, 6.07) is 7.07. The van der Waals surface area contributed by atoms with Gasteiger partial charge in [0.15, 0.2) is 0 Å². The van der Waals surface area contributed by atoms with Gasteiger partial charge in [0, 0.05) is 6.07 Å². The Kier molecular flexibility index (Phi) is 2.40. The lowest BCUT2D eigenvalue weighted by Gasteiger charge is -1.98. The third-order valence-electron chi connectivity index (χ3n) is 2.11. The molecule has 0 aliphatic heterocycles. The minimum absolute atomic E-state index is 0.248. The van der Waals surface area contributed by atoms with Gasteiger partial charge in [-0.05, 0) is 24.0 Å². The lowest BCUT2D eigenvalue weighted by molar-refractivity contribution is -0.389. The predicted molar refractivity (Wildman–Crippen MR) is 54.9 cm³/mol. The van der Waals surface area contributed by atoms with E-state index < -0.39 is 10.7 Å². The SMILES string of the molecule is Cc1cc([N+](=O)[O-])nn1-c1cccc(F)c1. The molecule has 1 aromatic heterocycles. The van der Waals surface area contributed by atoms with Crippen molar-refractivity contribution in [2.75, 3.05) is 0 Å². The van der Waals surface area contributed by atoms with E-state index in [0.29, 0.717) is 11.4 Å². The second-order valence-corrected chi connectivity index (χ2v) is 3.29. The van der Waals surface area contributed by atoms with Gasteiger partial charge < -0.3 is 10.1 Å². The Labute approximate surface area is 90.3 Å². The fourth-order valence-electron chi connectivity index (χ4n) is 1.42. The third-order valence-corrected chi connectivity index (χ3v) is 2.11. The number of benzene rings is 1. The highest BCUT2D eigenvalue weighted by molar-refractivity contribution is 5.36. The Balaban J connectivity index is 2.52. The van der Waals surface area contributed by atoms with E-state index >= 15 is 0 Å². The number of halogens is 1. The van der Waals surface area contributed by atoms with Crippen LogP contribution in [0.4, 0.5) is 10.2 Å². The van der Waals surface area contributed by atoms with Gasteiger partial charge >= 0.3 is 5.82 Å². The van der Waals surface area contributed by atoms with Gasteiger partial charge in [-0.3, -0.25) is 0 Å². The molecule has 0 spiro atoms. The van der Waals surface area contributed by atoms with Gasteiger partial charge in [-0.15, -0.1) is 4.68 Å². The summed E-state index contributed by atoms with van der Waals surface area (Å²) in [6.45, 7) is 1.67. The molecule has 0 aliphatic carbocycles. The third kappa shape index (κ3) is 1.77. The number of nitrogens with zero attached hydrogens (tertiary/aromatic N) is 3. The molecule has 1 aromatic carbocycles. The van der Waals surface area contributed by atoms with E-state index in [0.717, 1.165) is 0 Å². The quantitative estimate of drug-likeness (QED) is 0.577. The van der Waals surface area contributed by atoms with Crippen molar-refractivity contribution in [2.45, 2.75) is 6.92 Å². The fraction of sp³-hybridized carbons (Fsp3) is 0.100. The first-order chi connectivity index (χ1) is 7.58. The van der Waals surface area contributed by atoms with Gasteiger partial charge in [-0.1, -0.05) is 6.07 Å². The lowest BCUT2D eigenvalue weighted by atomic mass is 10.3. The van der Waals surface area contributed by atoms with Crippen LogP contribution in [0, 0.1) is 22.9 Å². The molecule has 0 atom stereocenters. The Hall–Kier alpha value is -2.24. The average Bonchev–Trinajstić information content (AvgIpc) is 2.60. The van der Waals surface area contributed by atoms with Gasteiger partial charge in [-0.2, -0.15) is 0 Å². The van der Waals surface area contributed by atoms with Crippen molar-refractivity contribution in [1.29, 1.82) is 0 Å². The molecule has 2 aromatic rings. The number of hydrogen-bond acceptors (Lipinski definition) is 3. The molecule has 0 unspecified atom stereocenters. The summed E-state index contributed by atoms with van der Waals surface area (Å²) >= 11 is 0. The molecule has 5 nitrogen and oxygen atoms in total. The Morgan fingerprint density at radius 3 is 2.75 bits per heavy atom. The Morgan fingerprint density at radius 1 is 1.44 bits per heavy atom. The van der Waals surface area contributed by atoms with E-state index in [1.807, 2.05) is 0 Å². The van der Waals surface area contributed by atoms with Gasteiger partial charge in [0.25, 0.3) is 0 Å². The first-order valence-electron chi connectivity index (χ1n) is 4.55. The van der Waals surface area contributed by atoms with Crippen LogP contribution in [-0.2, 0) is 0 Å². The van der Waals surface area contributed by atoms with Crippen LogP contribution in [0.5, 0.6) is 0 Å². The van der Waals surface area contributed by atoms with Crippen molar-refractivity contribution in [2.24, 2.45) is 0 Å². The van der Waals surface area contributed by atoms with Crippen LogP contribution in [-0.4, -0.2) is 14.7 Å². The predicted octanol–water partition coefficient (Wildman–Crippen LogP) is 2.23. The highest BCUT2D eigenvalue weighted by atomic mass is 19.1. The van der Waals surface area contributed by atoms with Crippen LogP contribution in [0.25, 0.3) is 5.69 Å². The first kappa shape index (κ1) is 10.3. The first-order valence-corrected chi connectivity index (χ1v) is 4.55. The Bertz CT molecular complexity index is 551. The summed E-state index contributed by atoms with van der Waals surface area (Å²) in [5, 5.41) is 14.3. The van der Waals surface area contributed by atoms with E-state index in [4.69, 9.17) is 0 Å². The summed E-state index contributed by atoms with van der Waals surface area (Å²) in [5.74, 6) is -0.656. The highest BCUT2D eigenvalue weighted by Gasteiger charge is 2.16. The molecule has 0 N–H and O–H groups in total. The molecule has 2 rings (SSSR count). The smallest absolute Gasteiger partial charge is 0.358 e. The molecule has 82 valence electrons.